The van der Waals surface area contributed by atoms with E-state index >= 15 is 0 Å². The van der Waals surface area contributed by atoms with Gasteiger partial charge in [-0.1, -0.05) is 0 Å². The number of nitrogens with two attached hydrogens (primary N) is 1. The Morgan fingerprint density at radius 2 is 2.42 bits per heavy atom. The van der Waals surface area contributed by atoms with Gasteiger partial charge in [0.2, 0.25) is 0 Å². The van der Waals surface area contributed by atoms with E-state index in [1.54, 1.807) is 0 Å². The molecule has 0 aromatic heterocycles. The highest BCUT2D eigenvalue weighted by Crippen LogP contribution is 2.12. The molecule has 1 aliphatic heterocycles. The van der Waals surface area contributed by atoms with Gasteiger partial charge >= 0.3 is 0 Å². The fourth-order valence-electron chi connectivity index (χ4n) is 1.21. The maximum Gasteiger partial charge on any atom is 0.165 e. The summed E-state index contributed by atoms with van der Waals surface area (Å²) in [6.07, 6.45) is 0. The molecule has 0 amide bonds. The third-order valence-electron chi connectivity index (χ3n) is 1.99. The van der Waals surface area contributed by atoms with Gasteiger partial charge in [-0.2, -0.15) is 0 Å². The lowest BCUT2D eigenvalue weighted by atomic mass is 10.00. The summed E-state index contributed by atoms with van der Waals surface area (Å²) < 4.78 is 10.1. The number of hydrogen-bond donors (Lipinski definition) is 1. The molecule has 4 nitrogen and oxygen atoms in total. The van der Waals surface area contributed by atoms with Crippen LogP contribution in [0.2, 0.25) is 0 Å². The van der Waals surface area contributed by atoms with Crippen molar-refractivity contribution in [1.82, 2.24) is 0 Å². The van der Waals surface area contributed by atoms with Crippen LogP contribution in [0, 0.1) is 5.92 Å². The number of carbonyl (C=O) groups is 1. The Kier molecular flexibility index (Phi) is 3.65. The van der Waals surface area contributed by atoms with Gasteiger partial charge in [0, 0.05) is 12.6 Å². The highest BCUT2D eigenvalue weighted by molar-refractivity contribution is 5.83. The third-order valence-corrected chi connectivity index (χ3v) is 1.99. The van der Waals surface area contributed by atoms with E-state index in [1.165, 1.54) is 0 Å². The van der Waals surface area contributed by atoms with Gasteiger partial charge in [-0.05, 0) is 6.92 Å². The monoisotopic (exact) mass is 173 g/mol. The molecule has 1 heterocycles. The second-order valence-corrected chi connectivity index (χ2v) is 2.91. The summed E-state index contributed by atoms with van der Waals surface area (Å²) in [6.45, 7) is 3.53. The zero-order chi connectivity index (χ0) is 8.97. The molecule has 1 fully saturated rings. The van der Waals surface area contributed by atoms with Crippen molar-refractivity contribution in [3.63, 3.8) is 0 Å². The van der Waals surface area contributed by atoms with E-state index in [4.69, 9.17) is 15.2 Å². The molecular weight excluding hydrogens is 158 g/mol. The van der Waals surface area contributed by atoms with Crippen molar-refractivity contribution >= 4 is 5.78 Å². The highest BCUT2D eigenvalue weighted by Gasteiger charge is 2.30. The fraction of sp³-hybridized carbons (Fsp3) is 0.875. The van der Waals surface area contributed by atoms with Crippen molar-refractivity contribution in [3.8, 4) is 0 Å². The largest absolute Gasteiger partial charge is 0.379 e. The smallest absolute Gasteiger partial charge is 0.165 e. The summed E-state index contributed by atoms with van der Waals surface area (Å²) in [7, 11) is 0. The molecule has 1 saturated heterocycles. The molecule has 0 spiro atoms. The minimum atomic E-state index is -0.156. The zero-order valence-corrected chi connectivity index (χ0v) is 7.29. The minimum Gasteiger partial charge on any atom is -0.379 e. The van der Waals surface area contributed by atoms with Crippen LogP contribution in [0.15, 0.2) is 0 Å². The minimum absolute atomic E-state index is 0.0573. The first-order valence-electron chi connectivity index (χ1n) is 4.19. The molecular formula is C8H15NO3. The van der Waals surface area contributed by atoms with Crippen LogP contribution in [0.5, 0.6) is 0 Å². The molecule has 2 atom stereocenters. The van der Waals surface area contributed by atoms with E-state index in [-0.39, 0.29) is 24.3 Å². The van der Waals surface area contributed by atoms with Gasteiger partial charge in [0.05, 0.1) is 19.1 Å². The van der Waals surface area contributed by atoms with E-state index < -0.39 is 0 Å². The van der Waals surface area contributed by atoms with Gasteiger partial charge in [0.1, 0.15) is 6.61 Å². The Balaban J connectivity index is 2.30. The first-order valence-corrected chi connectivity index (χ1v) is 4.19. The van der Waals surface area contributed by atoms with Gasteiger partial charge in [-0.15, -0.1) is 0 Å². The molecule has 1 aliphatic rings. The van der Waals surface area contributed by atoms with E-state index in [2.05, 4.69) is 0 Å². The van der Waals surface area contributed by atoms with Crippen molar-refractivity contribution in [3.05, 3.63) is 0 Å². The summed E-state index contributed by atoms with van der Waals surface area (Å²) >= 11 is 0. The summed E-state index contributed by atoms with van der Waals surface area (Å²) in [5, 5.41) is 0. The zero-order valence-electron chi connectivity index (χ0n) is 7.29. The standard InChI is InChI=1S/C8H15NO3/c1-2-11-5-8(10)6-3-12-4-7(6)9/h6-7H,2-5,9H2,1H3. The Morgan fingerprint density at radius 1 is 1.67 bits per heavy atom. The number of ketones is 1. The molecule has 2 N–H and O–H groups in total. The first-order chi connectivity index (χ1) is 5.75. The van der Waals surface area contributed by atoms with Crippen molar-refractivity contribution in [2.75, 3.05) is 26.4 Å². The van der Waals surface area contributed by atoms with Gasteiger partial charge in [0.25, 0.3) is 0 Å². The molecule has 12 heavy (non-hydrogen) atoms. The molecule has 0 saturated carbocycles. The predicted molar refractivity (Wildman–Crippen MR) is 43.8 cm³/mol. The molecule has 0 aromatic rings. The van der Waals surface area contributed by atoms with Crippen LogP contribution in [-0.2, 0) is 14.3 Å². The van der Waals surface area contributed by atoms with Crippen LogP contribution in [0.4, 0.5) is 0 Å². The average Bonchev–Trinajstić information content (AvgIpc) is 2.47. The lowest BCUT2D eigenvalue weighted by Gasteiger charge is -2.10. The van der Waals surface area contributed by atoms with Crippen molar-refractivity contribution in [1.29, 1.82) is 0 Å². The summed E-state index contributed by atoms with van der Waals surface area (Å²) in [4.78, 5) is 11.3. The third kappa shape index (κ3) is 2.27. The Morgan fingerprint density at radius 3 is 2.92 bits per heavy atom. The molecule has 0 bridgehead atoms. The Hall–Kier alpha value is -0.450. The molecule has 2 unspecified atom stereocenters. The highest BCUT2D eigenvalue weighted by atomic mass is 16.5. The molecule has 1 rings (SSSR count). The normalized spacial score (nSPS) is 29.2. The van der Waals surface area contributed by atoms with Crippen LogP contribution in [0.1, 0.15) is 6.92 Å². The van der Waals surface area contributed by atoms with Crippen LogP contribution < -0.4 is 5.73 Å². The van der Waals surface area contributed by atoms with Crippen LogP contribution in [0.25, 0.3) is 0 Å². The van der Waals surface area contributed by atoms with Crippen LogP contribution in [0.3, 0.4) is 0 Å². The summed E-state index contributed by atoms with van der Waals surface area (Å²) in [5.74, 6) is -0.0987. The van der Waals surface area contributed by atoms with Crippen molar-refractivity contribution in [2.45, 2.75) is 13.0 Å². The molecule has 70 valence electrons. The molecule has 0 radical (unpaired) electrons. The van der Waals surface area contributed by atoms with Gasteiger partial charge in [-0.25, -0.2) is 0 Å². The maximum atomic E-state index is 11.3. The SMILES string of the molecule is CCOCC(=O)C1COCC1N. The summed E-state index contributed by atoms with van der Waals surface area (Å²) in [6, 6.07) is -0.141. The van der Waals surface area contributed by atoms with Gasteiger partial charge in [-0.3, -0.25) is 4.79 Å². The van der Waals surface area contributed by atoms with Crippen LogP contribution >= 0.6 is 0 Å². The maximum absolute atomic E-state index is 11.3. The van der Waals surface area contributed by atoms with Gasteiger partial charge in [0.15, 0.2) is 5.78 Å². The lowest BCUT2D eigenvalue weighted by Crippen LogP contribution is -2.35. The fourth-order valence-corrected chi connectivity index (χ4v) is 1.21. The molecule has 4 heteroatoms. The van der Waals surface area contributed by atoms with E-state index in [1.807, 2.05) is 6.92 Å². The Labute approximate surface area is 72.0 Å². The topological polar surface area (TPSA) is 61.5 Å². The first kappa shape index (κ1) is 9.64. The number of hydrogen-bond acceptors (Lipinski definition) is 4. The lowest BCUT2D eigenvalue weighted by molar-refractivity contribution is -0.127. The van der Waals surface area contributed by atoms with Crippen molar-refractivity contribution in [2.24, 2.45) is 11.7 Å². The second kappa shape index (κ2) is 4.54. The summed E-state index contributed by atoms with van der Waals surface area (Å²) in [5.41, 5.74) is 5.65. The van der Waals surface area contributed by atoms with Crippen LogP contribution in [-0.4, -0.2) is 38.3 Å². The number of rotatable bonds is 4. The number of ether oxygens (including phenoxy) is 2. The van der Waals surface area contributed by atoms with E-state index in [0.29, 0.717) is 19.8 Å². The van der Waals surface area contributed by atoms with E-state index in [9.17, 15) is 4.79 Å². The predicted octanol–water partition coefficient (Wildman–Crippen LogP) is -0.434. The van der Waals surface area contributed by atoms with Gasteiger partial charge < -0.3 is 15.2 Å². The Bertz CT molecular complexity index is 160. The molecule has 0 aliphatic carbocycles. The number of Topliss-reactive ketones (excluding diaryl/α,β-unsaturated/α-hetero) is 1. The van der Waals surface area contributed by atoms with Crippen molar-refractivity contribution < 1.29 is 14.3 Å². The number of carbonyl (C=O) groups excluding carboxylic acids is 1. The molecule has 0 aromatic carbocycles. The second-order valence-electron chi connectivity index (χ2n) is 2.91. The van der Waals surface area contributed by atoms with E-state index in [0.717, 1.165) is 0 Å². The average molecular weight is 173 g/mol. The quantitative estimate of drug-likeness (QED) is 0.626.